The van der Waals surface area contributed by atoms with Crippen LogP contribution in [0.5, 0.6) is 11.5 Å². The highest BCUT2D eigenvalue weighted by molar-refractivity contribution is 5.94. The van der Waals surface area contributed by atoms with Gasteiger partial charge < -0.3 is 19.3 Å². The summed E-state index contributed by atoms with van der Waals surface area (Å²) in [5, 5.41) is 0. The maximum atomic E-state index is 13.1. The van der Waals surface area contributed by atoms with Crippen molar-refractivity contribution >= 4 is 5.91 Å². The lowest BCUT2D eigenvalue weighted by molar-refractivity contribution is 0.0708. The van der Waals surface area contributed by atoms with E-state index in [1.165, 1.54) is 31.5 Å². The topological polar surface area (TPSA) is 42.0 Å². The van der Waals surface area contributed by atoms with E-state index in [-0.39, 0.29) is 5.91 Å². The van der Waals surface area contributed by atoms with Crippen LogP contribution in [0.1, 0.15) is 48.0 Å². The molecule has 166 valence electrons. The van der Waals surface area contributed by atoms with E-state index >= 15 is 0 Å². The van der Waals surface area contributed by atoms with E-state index in [2.05, 4.69) is 15.9 Å². The Kier molecular flexibility index (Phi) is 7.47. The zero-order valence-electron chi connectivity index (χ0n) is 18.6. The highest BCUT2D eigenvalue weighted by Gasteiger charge is 2.31. The normalized spacial score (nSPS) is 19.0. The van der Waals surface area contributed by atoms with Crippen LogP contribution in [0.15, 0.2) is 48.5 Å². The summed E-state index contributed by atoms with van der Waals surface area (Å²) < 4.78 is 11.3. The maximum Gasteiger partial charge on any atom is 0.254 e. The van der Waals surface area contributed by atoms with Crippen molar-refractivity contribution in [3.05, 3.63) is 59.7 Å². The molecule has 2 aliphatic heterocycles. The van der Waals surface area contributed by atoms with Gasteiger partial charge in [0.05, 0.1) is 13.7 Å². The monoisotopic (exact) mass is 422 g/mol. The number of hydrogen-bond donors (Lipinski definition) is 0. The van der Waals surface area contributed by atoms with Crippen LogP contribution in [0.25, 0.3) is 0 Å². The molecule has 0 spiro atoms. The predicted octanol–water partition coefficient (Wildman–Crippen LogP) is 4.41. The Morgan fingerprint density at radius 2 is 1.77 bits per heavy atom. The summed E-state index contributed by atoms with van der Waals surface area (Å²) in [5.74, 6) is 1.89. The van der Waals surface area contributed by atoms with Gasteiger partial charge in [-0.15, -0.1) is 0 Å². The van der Waals surface area contributed by atoms with Crippen molar-refractivity contribution in [1.82, 2.24) is 9.80 Å². The van der Waals surface area contributed by atoms with E-state index in [1.807, 2.05) is 42.5 Å². The molecule has 0 bridgehead atoms. The summed E-state index contributed by atoms with van der Waals surface area (Å²) in [6.45, 7) is 4.90. The summed E-state index contributed by atoms with van der Waals surface area (Å²) in [6.07, 6.45) is 6.64. The van der Waals surface area contributed by atoms with Crippen molar-refractivity contribution in [2.75, 3.05) is 39.9 Å². The van der Waals surface area contributed by atoms with E-state index in [9.17, 15) is 4.79 Å². The SMILES string of the molecule is COc1ccccc1CCCOc1ccc(C(=O)N2CCCC2CN2CCCC2)cc1. The van der Waals surface area contributed by atoms with Crippen LogP contribution in [0.2, 0.25) is 0 Å². The summed E-state index contributed by atoms with van der Waals surface area (Å²) in [5.41, 5.74) is 1.96. The highest BCUT2D eigenvalue weighted by atomic mass is 16.5. The number of likely N-dealkylation sites (tertiary alicyclic amines) is 2. The molecule has 4 rings (SSSR count). The summed E-state index contributed by atoms with van der Waals surface area (Å²) in [6, 6.07) is 16.1. The van der Waals surface area contributed by atoms with Crippen LogP contribution in [0.4, 0.5) is 0 Å². The third kappa shape index (κ3) is 5.59. The lowest BCUT2D eigenvalue weighted by atomic mass is 10.1. The second-order valence-electron chi connectivity index (χ2n) is 8.59. The minimum absolute atomic E-state index is 0.157. The maximum absolute atomic E-state index is 13.1. The molecular formula is C26H34N2O3. The second-order valence-corrected chi connectivity index (χ2v) is 8.59. The minimum Gasteiger partial charge on any atom is -0.496 e. The Hall–Kier alpha value is -2.53. The van der Waals surface area contributed by atoms with Crippen molar-refractivity contribution in [2.45, 2.75) is 44.6 Å². The quantitative estimate of drug-likeness (QED) is 0.562. The lowest BCUT2D eigenvalue weighted by Crippen LogP contribution is -2.42. The number of methoxy groups -OCH3 is 1. The molecule has 5 heteroatoms. The molecule has 1 unspecified atom stereocenters. The van der Waals surface area contributed by atoms with E-state index in [4.69, 9.17) is 9.47 Å². The number of carbonyl (C=O) groups is 1. The molecular weight excluding hydrogens is 388 g/mol. The summed E-state index contributed by atoms with van der Waals surface area (Å²) >= 11 is 0. The van der Waals surface area contributed by atoms with Crippen molar-refractivity contribution in [3.8, 4) is 11.5 Å². The molecule has 0 aliphatic carbocycles. The molecule has 2 aromatic carbocycles. The zero-order valence-corrected chi connectivity index (χ0v) is 18.6. The number of hydrogen-bond acceptors (Lipinski definition) is 4. The van der Waals surface area contributed by atoms with Gasteiger partial charge in [0.15, 0.2) is 0 Å². The number of carbonyl (C=O) groups excluding carboxylic acids is 1. The van der Waals surface area contributed by atoms with Crippen molar-refractivity contribution < 1.29 is 14.3 Å². The molecule has 0 saturated carbocycles. The van der Waals surface area contributed by atoms with Gasteiger partial charge in [-0.1, -0.05) is 18.2 Å². The first-order valence-corrected chi connectivity index (χ1v) is 11.6. The van der Waals surface area contributed by atoms with E-state index in [0.717, 1.165) is 55.8 Å². The van der Waals surface area contributed by atoms with Gasteiger partial charge in [0.2, 0.25) is 0 Å². The van der Waals surface area contributed by atoms with Crippen molar-refractivity contribution in [3.63, 3.8) is 0 Å². The summed E-state index contributed by atoms with van der Waals surface area (Å²) in [4.78, 5) is 17.7. The molecule has 31 heavy (non-hydrogen) atoms. The molecule has 0 radical (unpaired) electrons. The fourth-order valence-corrected chi connectivity index (χ4v) is 4.78. The number of para-hydroxylation sites is 1. The van der Waals surface area contributed by atoms with Gasteiger partial charge in [-0.25, -0.2) is 0 Å². The van der Waals surface area contributed by atoms with Gasteiger partial charge in [0, 0.05) is 24.7 Å². The molecule has 2 saturated heterocycles. The van der Waals surface area contributed by atoms with Gasteiger partial charge in [0.1, 0.15) is 11.5 Å². The van der Waals surface area contributed by atoms with Crippen LogP contribution in [-0.4, -0.2) is 61.6 Å². The first kappa shape index (κ1) is 21.7. The molecule has 0 aromatic heterocycles. The van der Waals surface area contributed by atoms with Crippen LogP contribution < -0.4 is 9.47 Å². The van der Waals surface area contributed by atoms with Crippen LogP contribution in [0, 0.1) is 0 Å². The Balaban J connectivity index is 1.26. The predicted molar refractivity (Wildman–Crippen MR) is 123 cm³/mol. The van der Waals surface area contributed by atoms with E-state index in [0.29, 0.717) is 12.6 Å². The first-order valence-electron chi connectivity index (χ1n) is 11.6. The second kappa shape index (κ2) is 10.7. The minimum atomic E-state index is 0.157. The molecule has 5 nitrogen and oxygen atoms in total. The Labute approximate surface area is 185 Å². The fraction of sp³-hybridized carbons (Fsp3) is 0.500. The van der Waals surface area contributed by atoms with Crippen LogP contribution in [-0.2, 0) is 6.42 Å². The largest absolute Gasteiger partial charge is 0.496 e. The molecule has 2 fully saturated rings. The Morgan fingerprint density at radius 1 is 1.00 bits per heavy atom. The van der Waals surface area contributed by atoms with Gasteiger partial charge in [-0.05, 0) is 87.5 Å². The van der Waals surface area contributed by atoms with Gasteiger partial charge >= 0.3 is 0 Å². The molecule has 2 aromatic rings. The molecule has 2 aliphatic rings. The number of rotatable bonds is 9. The number of amides is 1. The highest BCUT2D eigenvalue weighted by Crippen LogP contribution is 2.24. The van der Waals surface area contributed by atoms with Crippen LogP contribution >= 0.6 is 0 Å². The molecule has 1 amide bonds. The number of ether oxygens (including phenoxy) is 2. The molecule has 1 atom stereocenters. The number of benzene rings is 2. The third-order valence-electron chi connectivity index (χ3n) is 6.46. The van der Waals surface area contributed by atoms with Gasteiger partial charge in [0.25, 0.3) is 5.91 Å². The Morgan fingerprint density at radius 3 is 2.55 bits per heavy atom. The third-order valence-corrected chi connectivity index (χ3v) is 6.46. The fourth-order valence-electron chi connectivity index (χ4n) is 4.78. The standard InChI is InChI=1S/C26H34N2O3/c1-30-25-11-3-2-8-21(25)9-7-19-31-24-14-12-22(13-15-24)26(29)28-18-6-10-23(28)20-27-16-4-5-17-27/h2-3,8,11-15,23H,4-7,9-10,16-20H2,1H3. The molecule has 0 N–H and O–H groups in total. The average Bonchev–Trinajstić information content (AvgIpc) is 3.49. The lowest BCUT2D eigenvalue weighted by Gasteiger charge is -2.28. The number of nitrogens with zero attached hydrogens (tertiary/aromatic N) is 2. The molecule has 2 heterocycles. The van der Waals surface area contributed by atoms with Gasteiger partial charge in [-0.3, -0.25) is 4.79 Å². The van der Waals surface area contributed by atoms with E-state index in [1.54, 1.807) is 7.11 Å². The van der Waals surface area contributed by atoms with Crippen LogP contribution in [0.3, 0.4) is 0 Å². The van der Waals surface area contributed by atoms with Gasteiger partial charge in [-0.2, -0.15) is 0 Å². The van der Waals surface area contributed by atoms with Crippen molar-refractivity contribution in [2.24, 2.45) is 0 Å². The first-order chi connectivity index (χ1) is 15.2. The number of aryl methyl sites for hydroxylation is 1. The smallest absolute Gasteiger partial charge is 0.254 e. The Bertz CT molecular complexity index is 846. The summed E-state index contributed by atoms with van der Waals surface area (Å²) in [7, 11) is 1.70. The van der Waals surface area contributed by atoms with Crippen molar-refractivity contribution in [1.29, 1.82) is 0 Å². The zero-order chi connectivity index (χ0) is 21.5. The van der Waals surface area contributed by atoms with E-state index < -0.39 is 0 Å². The average molecular weight is 423 g/mol.